The molecule has 1 rings (SSSR count). The molecule has 84 valence electrons. The topological polar surface area (TPSA) is 38.0 Å². The van der Waals surface area contributed by atoms with Crippen molar-refractivity contribution < 1.29 is 0 Å². The van der Waals surface area contributed by atoms with Gasteiger partial charge in [-0.15, -0.1) is 0 Å². The van der Waals surface area contributed by atoms with Gasteiger partial charge in [-0.05, 0) is 38.5 Å². The zero-order chi connectivity index (χ0) is 11.5. The van der Waals surface area contributed by atoms with Crippen LogP contribution < -0.4 is 11.1 Å². The normalized spacial score (nSPS) is 13.9. The van der Waals surface area contributed by atoms with Crippen LogP contribution in [0.3, 0.4) is 0 Å². The zero-order valence-corrected chi connectivity index (χ0v) is 11.1. The van der Waals surface area contributed by atoms with Gasteiger partial charge in [0.25, 0.3) is 0 Å². The summed E-state index contributed by atoms with van der Waals surface area (Å²) in [5, 5.41) is 3.50. The highest BCUT2D eigenvalue weighted by molar-refractivity contribution is 9.10. The summed E-state index contributed by atoms with van der Waals surface area (Å²) in [5.41, 5.74) is 7.08. The van der Waals surface area contributed by atoms with E-state index in [0.29, 0.717) is 6.54 Å². The molecule has 2 nitrogen and oxygen atoms in total. The first-order valence-corrected chi connectivity index (χ1v) is 5.95. The zero-order valence-electron chi connectivity index (χ0n) is 9.55. The Morgan fingerprint density at radius 2 is 2.07 bits per heavy atom. The molecule has 0 saturated heterocycles. The van der Waals surface area contributed by atoms with Crippen LogP contribution in [-0.2, 0) is 0 Å². The van der Waals surface area contributed by atoms with Crippen LogP contribution in [0.2, 0.25) is 0 Å². The van der Waals surface area contributed by atoms with Crippen LogP contribution in [0, 0.1) is 0 Å². The van der Waals surface area contributed by atoms with Gasteiger partial charge >= 0.3 is 0 Å². The third-order valence-electron chi connectivity index (χ3n) is 2.09. The van der Waals surface area contributed by atoms with E-state index < -0.39 is 0 Å². The van der Waals surface area contributed by atoms with E-state index in [-0.39, 0.29) is 11.6 Å². The number of hydrogen-bond donors (Lipinski definition) is 2. The van der Waals surface area contributed by atoms with Crippen molar-refractivity contribution in [3.8, 4) is 0 Å². The fourth-order valence-corrected chi connectivity index (χ4v) is 1.94. The third-order valence-corrected chi connectivity index (χ3v) is 2.59. The number of nitrogens with two attached hydrogens (primary N) is 1. The van der Waals surface area contributed by atoms with E-state index in [1.165, 1.54) is 5.56 Å². The SMILES string of the molecule is CC(C)(C)NC(CN)c1cccc(Br)c1. The number of rotatable bonds is 3. The summed E-state index contributed by atoms with van der Waals surface area (Å²) in [4.78, 5) is 0. The Kier molecular flexibility index (Phi) is 4.32. The van der Waals surface area contributed by atoms with E-state index >= 15 is 0 Å². The lowest BCUT2D eigenvalue weighted by Crippen LogP contribution is -2.41. The number of benzene rings is 1. The first-order chi connectivity index (χ1) is 6.92. The molecule has 0 aliphatic heterocycles. The van der Waals surface area contributed by atoms with Crippen molar-refractivity contribution in [3.05, 3.63) is 34.3 Å². The maximum atomic E-state index is 5.78. The summed E-state index contributed by atoms with van der Waals surface area (Å²) in [6, 6.07) is 8.47. The van der Waals surface area contributed by atoms with Gasteiger partial charge in [-0.25, -0.2) is 0 Å². The van der Waals surface area contributed by atoms with Crippen molar-refractivity contribution in [2.45, 2.75) is 32.4 Å². The maximum Gasteiger partial charge on any atom is 0.0448 e. The van der Waals surface area contributed by atoms with Crippen LogP contribution in [0.4, 0.5) is 0 Å². The molecule has 1 unspecified atom stereocenters. The summed E-state index contributed by atoms with van der Waals surface area (Å²) in [6.45, 7) is 7.04. The predicted molar refractivity (Wildman–Crippen MR) is 68.8 cm³/mol. The second kappa shape index (κ2) is 5.10. The van der Waals surface area contributed by atoms with Crippen LogP contribution in [-0.4, -0.2) is 12.1 Å². The average Bonchev–Trinajstić information content (AvgIpc) is 2.13. The molecule has 0 bridgehead atoms. The maximum absolute atomic E-state index is 5.78. The van der Waals surface area contributed by atoms with E-state index in [9.17, 15) is 0 Å². The van der Waals surface area contributed by atoms with Gasteiger partial charge in [0.15, 0.2) is 0 Å². The summed E-state index contributed by atoms with van der Waals surface area (Å²) in [6.07, 6.45) is 0. The Balaban J connectivity index is 2.83. The van der Waals surface area contributed by atoms with Gasteiger partial charge in [-0.3, -0.25) is 0 Å². The largest absolute Gasteiger partial charge is 0.329 e. The molecule has 0 heterocycles. The second-order valence-corrected chi connectivity index (χ2v) is 5.65. The fraction of sp³-hybridized carbons (Fsp3) is 0.500. The summed E-state index contributed by atoms with van der Waals surface area (Å²) in [7, 11) is 0. The van der Waals surface area contributed by atoms with E-state index in [1.807, 2.05) is 12.1 Å². The quantitative estimate of drug-likeness (QED) is 0.887. The molecule has 0 aliphatic carbocycles. The fourth-order valence-electron chi connectivity index (χ4n) is 1.52. The summed E-state index contributed by atoms with van der Waals surface area (Å²) in [5.74, 6) is 0. The lowest BCUT2D eigenvalue weighted by atomic mass is 10.0. The minimum Gasteiger partial charge on any atom is -0.329 e. The number of hydrogen-bond acceptors (Lipinski definition) is 2. The van der Waals surface area contributed by atoms with Crippen LogP contribution in [0.15, 0.2) is 28.7 Å². The standard InChI is InChI=1S/C12H19BrN2/c1-12(2,3)15-11(8-14)9-5-4-6-10(13)7-9/h4-7,11,15H,8,14H2,1-3H3. The van der Waals surface area contributed by atoms with Crippen LogP contribution in [0.25, 0.3) is 0 Å². The summed E-state index contributed by atoms with van der Waals surface area (Å²) < 4.78 is 1.09. The van der Waals surface area contributed by atoms with Gasteiger partial charge in [-0.2, -0.15) is 0 Å². The van der Waals surface area contributed by atoms with Crippen molar-refractivity contribution in [1.29, 1.82) is 0 Å². The molecule has 0 fully saturated rings. The van der Waals surface area contributed by atoms with E-state index in [4.69, 9.17) is 5.73 Å². The number of halogens is 1. The van der Waals surface area contributed by atoms with E-state index in [2.05, 4.69) is 54.2 Å². The Morgan fingerprint density at radius 1 is 1.40 bits per heavy atom. The van der Waals surface area contributed by atoms with Crippen LogP contribution in [0.1, 0.15) is 32.4 Å². The van der Waals surface area contributed by atoms with Gasteiger partial charge in [0.05, 0.1) is 0 Å². The van der Waals surface area contributed by atoms with Gasteiger partial charge in [0, 0.05) is 22.6 Å². The van der Waals surface area contributed by atoms with Gasteiger partial charge in [-0.1, -0.05) is 28.1 Å². The molecule has 1 atom stereocenters. The lowest BCUT2D eigenvalue weighted by molar-refractivity contribution is 0.367. The molecule has 1 aromatic carbocycles. The molecule has 1 aromatic rings. The van der Waals surface area contributed by atoms with Crippen molar-refractivity contribution in [3.63, 3.8) is 0 Å². The van der Waals surface area contributed by atoms with Gasteiger partial charge < -0.3 is 11.1 Å². The highest BCUT2D eigenvalue weighted by atomic mass is 79.9. The summed E-state index contributed by atoms with van der Waals surface area (Å²) >= 11 is 3.47. The molecule has 0 aromatic heterocycles. The third kappa shape index (κ3) is 4.33. The Labute approximate surface area is 100 Å². The molecule has 0 amide bonds. The minimum absolute atomic E-state index is 0.0757. The molecular formula is C12H19BrN2. The molecule has 3 N–H and O–H groups in total. The Bertz CT molecular complexity index is 318. The molecule has 15 heavy (non-hydrogen) atoms. The van der Waals surface area contributed by atoms with Crippen LogP contribution in [0.5, 0.6) is 0 Å². The number of nitrogens with one attached hydrogen (secondary N) is 1. The Hall–Kier alpha value is -0.380. The molecule has 0 saturated carbocycles. The lowest BCUT2D eigenvalue weighted by Gasteiger charge is -2.28. The predicted octanol–water partition coefficient (Wildman–Crippen LogP) is 2.84. The van der Waals surface area contributed by atoms with E-state index in [1.54, 1.807) is 0 Å². The van der Waals surface area contributed by atoms with Gasteiger partial charge in [0.2, 0.25) is 0 Å². The average molecular weight is 271 g/mol. The van der Waals surface area contributed by atoms with E-state index in [0.717, 1.165) is 4.47 Å². The van der Waals surface area contributed by atoms with Crippen molar-refractivity contribution >= 4 is 15.9 Å². The highest BCUT2D eigenvalue weighted by Gasteiger charge is 2.17. The first kappa shape index (κ1) is 12.7. The van der Waals surface area contributed by atoms with Crippen molar-refractivity contribution in [1.82, 2.24) is 5.32 Å². The molecule has 0 spiro atoms. The van der Waals surface area contributed by atoms with Gasteiger partial charge in [0.1, 0.15) is 0 Å². The molecule has 3 heteroatoms. The first-order valence-electron chi connectivity index (χ1n) is 5.15. The van der Waals surface area contributed by atoms with Crippen LogP contribution >= 0.6 is 15.9 Å². The molecule has 0 radical (unpaired) electrons. The molecule has 0 aliphatic rings. The monoisotopic (exact) mass is 270 g/mol. The van der Waals surface area contributed by atoms with Crippen molar-refractivity contribution in [2.75, 3.05) is 6.54 Å². The van der Waals surface area contributed by atoms with Crippen molar-refractivity contribution in [2.24, 2.45) is 5.73 Å². The molecular weight excluding hydrogens is 252 g/mol. The second-order valence-electron chi connectivity index (χ2n) is 4.74. The smallest absolute Gasteiger partial charge is 0.0448 e. The Morgan fingerprint density at radius 3 is 2.53 bits per heavy atom. The highest BCUT2D eigenvalue weighted by Crippen LogP contribution is 2.19. The minimum atomic E-state index is 0.0757.